The molecule has 1 aromatic heterocycles. The summed E-state index contributed by atoms with van der Waals surface area (Å²) in [7, 11) is 1.58. The van der Waals surface area contributed by atoms with Crippen LogP contribution >= 0.6 is 0 Å². The molecular formula is C26H22FNO3. The molecule has 0 saturated carbocycles. The molecule has 1 amide bonds. The molecule has 0 spiro atoms. The van der Waals surface area contributed by atoms with Gasteiger partial charge in [-0.15, -0.1) is 0 Å². The van der Waals surface area contributed by atoms with Gasteiger partial charge in [0.2, 0.25) is 5.91 Å². The molecule has 0 radical (unpaired) electrons. The highest BCUT2D eigenvalue weighted by Gasteiger charge is 2.15. The number of allylic oxidation sites excluding steroid dienone is 1. The second kappa shape index (κ2) is 8.48. The molecule has 4 aromatic rings. The first-order valence-electron chi connectivity index (χ1n) is 9.86. The molecule has 0 aliphatic carbocycles. The maximum Gasteiger partial charge on any atom is 0.248 e. The highest BCUT2D eigenvalue weighted by atomic mass is 19.1. The number of anilines is 1. The molecule has 0 saturated heterocycles. The van der Waals surface area contributed by atoms with Gasteiger partial charge in [-0.1, -0.05) is 35.9 Å². The smallest absolute Gasteiger partial charge is 0.248 e. The lowest BCUT2D eigenvalue weighted by Gasteiger charge is -2.10. The summed E-state index contributed by atoms with van der Waals surface area (Å²) in [5.41, 5.74) is 5.79. The van der Waals surface area contributed by atoms with Crippen LogP contribution in [0, 0.1) is 12.7 Å². The van der Waals surface area contributed by atoms with E-state index in [1.54, 1.807) is 25.5 Å². The van der Waals surface area contributed by atoms with Crippen LogP contribution in [0.25, 0.3) is 27.7 Å². The number of benzene rings is 3. The number of nitrogens with one attached hydrogen (secondary N) is 1. The predicted molar refractivity (Wildman–Crippen MR) is 122 cm³/mol. The van der Waals surface area contributed by atoms with Gasteiger partial charge in [0.05, 0.1) is 13.4 Å². The summed E-state index contributed by atoms with van der Waals surface area (Å²) in [4.78, 5) is 12.5. The Balaban J connectivity index is 1.71. The first-order valence-corrected chi connectivity index (χ1v) is 9.86. The Morgan fingerprint density at radius 1 is 1.10 bits per heavy atom. The molecule has 31 heavy (non-hydrogen) atoms. The number of rotatable bonds is 5. The first-order chi connectivity index (χ1) is 14.9. The zero-order valence-electron chi connectivity index (χ0n) is 17.5. The number of fused-ring (bicyclic) bond motifs is 1. The Hall–Kier alpha value is -3.86. The Labute approximate surface area is 180 Å². The molecule has 156 valence electrons. The number of amides is 1. The quantitative estimate of drug-likeness (QED) is 0.374. The molecule has 4 rings (SSSR count). The average molecular weight is 415 g/mol. The summed E-state index contributed by atoms with van der Waals surface area (Å²) in [5.74, 6) is -0.157. The Morgan fingerprint density at radius 3 is 2.58 bits per heavy atom. The van der Waals surface area contributed by atoms with Crippen molar-refractivity contribution >= 4 is 28.1 Å². The molecule has 1 N–H and O–H groups in total. The third-order valence-corrected chi connectivity index (χ3v) is 5.12. The molecule has 0 unspecified atom stereocenters. The van der Waals surface area contributed by atoms with E-state index in [4.69, 9.17) is 9.15 Å². The third kappa shape index (κ3) is 4.36. The third-order valence-electron chi connectivity index (χ3n) is 5.12. The Bertz CT molecular complexity index is 1290. The van der Waals surface area contributed by atoms with Gasteiger partial charge in [-0.2, -0.15) is 0 Å². The molecule has 4 nitrogen and oxygen atoms in total. The zero-order valence-corrected chi connectivity index (χ0v) is 17.5. The monoisotopic (exact) mass is 415 g/mol. The van der Waals surface area contributed by atoms with E-state index >= 15 is 0 Å². The Morgan fingerprint density at radius 2 is 1.87 bits per heavy atom. The van der Waals surface area contributed by atoms with Gasteiger partial charge in [-0.3, -0.25) is 4.79 Å². The molecule has 0 bridgehead atoms. The van der Waals surface area contributed by atoms with Crippen LogP contribution in [-0.2, 0) is 4.79 Å². The first kappa shape index (κ1) is 20.4. The maximum absolute atomic E-state index is 13.4. The van der Waals surface area contributed by atoms with Crippen molar-refractivity contribution in [2.75, 3.05) is 12.4 Å². The summed E-state index contributed by atoms with van der Waals surface area (Å²) < 4.78 is 24.7. The second-order valence-corrected chi connectivity index (χ2v) is 7.39. The highest BCUT2D eigenvalue weighted by Crippen LogP contribution is 2.37. The number of carbonyl (C=O) groups is 1. The van der Waals surface area contributed by atoms with Crippen LogP contribution in [0.15, 0.2) is 77.4 Å². The molecule has 0 aliphatic rings. The molecule has 3 aromatic carbocycles. The van der Waals surface area contributed by atoms with Crippen molar-refractivity contribution in [1.82, 2.24) is 0 Å². The molecule has 0 aliphatic heterocycles. The fourth-order valence-corrected chi connectivity index (χ4v) is 3.51. The topological polar surface area (TPSA) is 51.5 Å². The lowest BCUT2D eigenvalue weighted by molar-refractivity contribution is -0.111. The number of ether oxygens (including phenoxy) is 1. The van der Waals surface area contributed by atoms with E-state index in [9.17, 15) is 9.18 Å². The number of methoxy groups -OCH3 is 1. The van der Waals surface area contributed by atoms with Crippen molar-refractivity contribution in [2.45, 2.75) is 13.8 Å². The average Bonchev–Trinajstić information content (AvgIpc) is 3.16. The number of aryl methyl sites for hydroxylation is 1. The second-order valence-electron chi connectivity index (χ2n) is 7.39. The number of hydrogen-bond acceptors (Lipinski definition) is 3. The van der Waals surface area contributed by atoms with Gasteiger partial charge in [-0.25, -0.2) is 4.39 Å². The SMILES string of the molecule is COc1cc2occ(-c3ccc(C)cc3)c2cc1/C(C)=C/C(=O)Nc1cccc(F)c1. The van der Waals surface area contributed by atoms with Gasteiger partial charge in [0, 0.05) is 34.3 Å². The van der Waals surface area contributed by atoms with E-state index < -0.39 is 5.82 Å². The lowest BCUT2D eigenvalue weighted by atomic mass is 9.99. The highest BCUT2D eigenvalue weighted by molar-refractivity contribution is 6.05. The van der Waals surface area contributed by atoms with Crippen LogP contribution in [0.2, 0.25) is 0 Å². The fraction of sp³-hybridized carbons (Fsp3) is 0.115. The van der Waals surface area contributed by atoms with Crippen molar-refractivity contribution in [3.05, 3.63) is 89.9 Å². The molecule has 5 heteroatoms. The van der Waals surface area contributed by atoms with Gasteiger partial charge in [-0.05, 0) is 49.2 Å². The number of hydrogen-bond donors (Lipinski definition) is 1. The van der Waals surface area contributed by atoms with E-state index in [-0.39, 0.29) is 5.91 Å². The summed E-state index contributed by atoms with van der Waals surface area (Å²) in [5, 5.41) is 3.61. The minimum Gasteiger partial charge on any atom is -0.496 e. The molecule has 1 heterocycles. The van der Waals surface area contributed by atoms with Gasteiger partial charge in [0.25, 0.3) is 0 Å². The van der Waals surface area contributed by atoms with E-state index in [1.807, 2.05) is 26.0 Å². The van der Waals surface area contributed by atoms with E-state index in [1.165, 1.54) is 23.8 Å². The zero-order chi connectivity index (χ0) is 22.0. The minimum atomic E-state index is -0.408. The standard InChI is InChI=1S/C26H22FNO3/c1-16-7-9-18(10-8-16)23-15-31-25-14-24(30-3)21(13-22(23)25)17(2)11-26(29)28-20-6-4-5-19(27)12-20/h4-15H,1-3H3,(H,28,29)/b17-11+. The van der Waals surface area contributed by atoms with Crippen LogP contribution in [0.1, 0.15) is 18.1 Å². The molecule has 0 atom stereocenters. The number of halogens is 1. The van der Waals surface area contributed by atoms with Crippen molar-refractivity contribution in [3.63, 3.8) is 0 Å². The minimum absolute atomic E-state index is 0.351. The summed E-state index contributed by atoms with van der Waals surface area (Å²) in [6, 6.07) is 17.8. The van der Waals surface area contributed by atoms with Crippen molar-refractivity contribution in [2.24, 2.45) is 0 Å². The van der Waals surface area contributed by atoms with Crippen LogP contribution in [0.5, 0.6) is 5.75 Å². The van der Waals surface area contributed by atoms with Gasteiger partial charge < -0.3 is 14.5 Å². The van der Waals surface area contributed by atoms with Crippen LogP contribution in [-0.4, -0.2) is 13.0 Å². The van der Waals surface area contributed by atoms with Gasteiger partial charge in [0.15, 0.2) is 0 Å². The lowest BCUT2D eigenvalue weighted by Crippen LogP contribution is -2.08. The largest absolute Gasteiger partial charge is 0.496 e. The van der Waals surface area contributed by atoms with Crippen LogP contribution in [0.4, 0.5) is 10.1 Å². The van der Waals surface area contributed by atoms with Gasteiger partial charge in [0.1, 0.15) is 17.1 Å². The van der Waals surface area contributed by atoms with E-state index in [0.29, 0.717) is 22.6 Å². The van der Waals surface area contributed by atoms with Gasteiger partial charge >= 0.3 is 0 Å². The Kier molecular flexibility index (Phi) is 5.58. The van der Waals surface area contributed by atoms with Crippen LogP contribution in [0.3, 0.4) is 0 Å². The van der Waals surface area contributed by atoms with E-state index in [0.717, 1.165) is 22.1 Å². The van der Waals surface area contributed by atoms with Crippen molar-refractivity contribution in [3.8, 4) is 16.9 Å². The fourth-order valence-electron chi connectivity index (χ4n) is 3.51. The predicted octanol–water partition coefficient (Wildman–Crippen LogP) is 6.60. The number of furan rings is 1. The van der Waals surface area contributed by atoms with Crippen molar-refractivity contribution in [1.29, 1.82) is 0 Å². The molecule has 0 fully saturated rings. The number of carbonyl (C=O) groups excluding carboxylic acids is 1. The maximum atomic E-state index is 13.4. The van der Waals surface area contributed by atoms with E-state index in [2.05, 4.69) is 29.6 Å². The summed E-state index contributed by atoms with van der Waals surface area (Å²) >= 11 is 0. The molecular weight excluding hydrogens is 393 g/mol. The normalized spacial score (nSPS) is 11.5. The van der Waals surface area contributed by atoms with Crippen molar-refractivity contribution < 1.29 is 18.3 Å². The van der Waals surface area contributed by atoms with Crippen LogP contribution < -0.4 is 10.1 Å². The summed E-state index contributed by atoms with van der Waals surface area (Å²) in [6.45, 7) is 3.88. The summed E-state index contributed by atoms with van der Waals surface area (Å²) in [6.07, 6.45) is 3.20.